The highest BCUT2D eigenvalue weighted by Crippen LogP contribution is 2.58. The fourth-order valence-electron chi connectivity index (χ4n) is 5.15. The molecule has 0 spiro atoms. The van der Waals surface area contributed by atoms with Crippen LogP contribution in [0.1, 0.15) is 59.3 Å². The first kappa shape index (κ1) is 14.2. The quantitative estimate of drug-likeness (QED) is 0.811. The van der Waals surface area contributed by atoms with Gasteiger partial charge in [-0.1, -0.05) is 26.7 Å². The number of amides is 2. The second kappa shape index (κ2) is 5.57. The molecule has 3 heteroatoms. The number of urea groups is 1. The molecule has 0 aromatic heterocycles. The average molecular weight is 278 g/mol. The summed E-state index contributed by atoms with van der Waals surface area (Å²) in [5.41, 5.74) is 0. The minimum atomic E-state index is 0.0601. The average Bonchev–Trinajstić information content (AvgIpc) is 3.08. The highest BCUT2D eigenvalue weighted by molar-refractivity contribution is 5.74. The first-order valence-electron chi connectivity index (χ1n) is 8.67. The van der Waals surface area contributed by atoms with E-state index in [1.54, 1.807) is 0 Å². The van der Waals surface area contributed by atoms with Crippen molar-refractivity contribution >= 4 is 6.03 Å². The zero-order valence-electron chi connectivity index (χ0n) is 13.2. The molecule has 3 rings (SSSR count). The topological polar surface area (TPSA) is 41.1 Å². The fourth-order valence-corrected chi connectivity index (χ4v) is 5.15. The highest BCUT2D eigenvalue weighted by atomic mass is 16.2. The molecule has 0 unspecified atom stereocenters. The zero-order valence-corrected chi connectivity index (χ0v) is 13.2. The van der Waals surface area contributed by atoms with Gasteiger partial charge in [-0.3, -0.25) is 0 Å². The molecule has 7 atom stereocenters. The Morgan fingerprint density at radius 3 is 2.65 bits per heavy atom. The molecule has 0 radical (unpaired) electrons. The molecule has 20 heavy (non-hydrogen) atoms. The number of nitrogens with one attached hydrogen (secondary N) is 2. The molecule has 2 N–H and O–H groups in total. The first-order chi connectivity index (χ1) is 9.60. The van der Waals surface area contributed by atoms with Crippen LogP contribution in [0, 0.1) is 29.6 Å². The second-order valence-corrected chi connectivity index (χ2v) is 7.55. The van der Waals surface area contributed by atoms with Crippen molar-refractivity contribution in [3.05, 3.63) is 0 Å². The van der Waals surface area contributed by atoms with Crippen molar-refractivity contribution in [1.29, 1.82) is 0 Å². The Bertz CT molecular complexity index is 370. The van der Waals surface area contributed by atoms with Gasteiger partial charge in [-0.25, -0.2) is 4.79 Å². The van der Waals surface area contributed by atoms with Crippen molar-refractivity contribution in [2.45, 2.75) is 71.4 Å². The molecule has 3 saturated carbocycles. The summed E-state index contributed by atoms with van der Waals surface area (Å²) in [7, 11) is 0. The smallest absolute Gasteiger partial charge is 0.315 e. The van der Waals surface area contributed by atoms with Crippen molar-refractivity contribution in [1.82, 2.24) is 10.6 Å². The predicted octanol–water partition coefficient (Wildman–Crippen LogP) is 3.54. The standard InChI is InChI=1S/C17H30N2O/c1-4-10(2)11(3)18-17(20)19-16-9-12-8-15(16)14-7-5-6-13(12)14/h10-16H,4-9H2,1-3H3,(H2,18,19,20)/t10-,11-,12+,13+,14+,15-,16+/m0/s1. The van der Waals surface area contributed by atoms with Gasteiger partial charge in [-0.2, -0.15) is 0 Å². The van der Waals surface area contributed by atoms with Crippen LogP contribution in [-0.2, 0) is 0 Å². The Balaban J connectivity index is 1.51. The Hall–Kier alpha value is -0.730. The fraction of sp³-hybridized carbons (Fsp3) is 0.941. The summed E-state index contributed by atoms with van der Waals surface area (Å²) >= 11 is 0. The van der Waals surface area contributed by atoms with E-state index < -0.39 is 0 Å². The first-order valence-corrected chi connectivity index (χ1v) is 8.67. The molecule has 0 heterocycles. The van der Waals surface area contributed by atoms with Crippen molar-refractivity contribution in [3.63, 3.8) is 0 Å². The number of rotatable bonds is 4. The SMILES string of the molecule is CC[C@H](C)[C@H](C)NC(=O)N[C@@H]1C[C@H]2C[C@H]1[C@@H]1CCC[C@H]21. The van der Waals surface area contributed by atoms with Crippen LogP contribution < -0.4 is 10.6 Å². The Kier molecular flexibility index (Phi) is 3.96. The minimum Gasteiger partial charge on any atom is -0.335 e. The molecule has 3 aliphatic carbocycles. The van der Waals surface area contributed by atoms with Crippen LogP contribution in [0.2, 0.25) is 0 Å². The maximum atomic E-state index is 12.2. The number of carbonyl (C=O) groups excluding carboxylic acids is 1. The van der Waals surface area contributed by atoms with Crippen LogP contribution in [0.25, 0.3) is 0 Å². The van der Waals surface area contributed by atoms with Gasteiger partial charge in [0.1, 0.15) is 0 Å². The van der Waals surface area contributed by atoms with Gasteiger partial charge in [0.25, 0.3) is 0 Å². The van der Waals surface area contributed by atoms with Gasteiger partial charge in [0, 0.05) is 12.1 Å². The van der Waals surface area contributed by atoms with E-state index in [1.807, 2.05) is 0 Å². The van der Waals surface area contributed by atoms with Crippen molar-refractivity contribution < 1.29 is 4.79 Å². The number of hydrogen-bond acceptors (Lipinski definition) is 1. The maximum Gasteiger partial charge on any atom is 0.315 e. The summed E-state index contributed by atoms with van der Waals surface area (Å²) in [4.78, 5) is 12.2. The van der Waals surface area contributed by atoms with E-state index in [-0.39, 0.29) is 12.1 Å². The lowest BCUT2D eigenvalue weighted by molar-refractivity contribution is 0.194. The van der Waals surface area contributed by atoms with Gasteiger partial charge < -0.3 is 10.6 Å². The van der Waals surface area contributed by atoms with Crippen LogP contribution in [0.15, 0.2) is 0 Å². The van der Waals surface area contributed by atoms with E-state index in [1.165, 1.54) is 32.1 Å². The molecule has 2 bridgehead atoms. The third kappa shape index (κ3) is 2.44. The van der Waals surface area contributed by atoms with Crippen LogP contribution >= 0.6 is 0 Å². The Labute approximate surface area is 123 Å². The van der Waals surface area contributed by atoms with E-state index in [9.17, 15) is 4.79 Å². The summed E-state index contributed by atoms with van der Waals surface area (Å²) in [6, 6.07) is 0.770. The third-order valence-electron chi connectivity index (χ3n) is 6.60. The molecule has 0 aromatic carbocycles. The monoisotopic (exact) mass is 278 g/mol. The van der Waals surface area contributed by atoms with Gasteiger partial charge in [0.15, 0.2) is 0 Å². The second-order valence-electron chi connectivity index (χ2n) is 7.55. The summed E-state index contributed by atoms with van der Waals surface area (Å²) in [6.45, 7) is 6.49. The van der Waals surface area contributed by atoms with E-state index in [0.717, 1.165) is 30.1 Å². The summed E-state index contributed by atoms with van der Waals surface area (Å²) in [5, 5.41) is 6.41. The molecular weight excluding hydrogens is 248 g/mol. The molecule has 3 aliphatic rings. The maximum absolute atomic E-state index is 12.2. The molecular formula is C17H30N2O. The number of fused-ring (bicyclic) bond motifs is 5. The van der Waals surface area contributed by atoms with Gasteiger partial charge in [-0.05, 0) is 62.2 Å². The molecule has 0 aliphatic heterocycles. The van der Waals surface area contributed by atoms with Gasteiger partial charge in [-0.15, -0.1) is 0 Å². The largest absolute Gasteiger partial charge is 0.335 e. The number of hydrogen-bond donors (Lipinski definition) is 2. The van der Waals surface area contributed by atoms with Crippen molar-refractivity contribution in [3.8, 4) is 0 Å². The van der Waals surface area contributed by atoms with Crippen LogP contribution in [0.5, 0.6) is 0 Å². The molecule has 0 saturated heterocycles. The lowest BCUT2D eigenvalue weighted by Crippen LogP contribution is -2.50. The van der Waals surface area contributed by atoms with Crippen molar-refractivity contribution in [2.24, 2.45) is 29.6 Å². The summed E-state index contributed by atoms with van der Waals surface area (Å²) in [6.07, 6.45) is 8.01. The van der Waals surface area contributed by atoms with E-state index in [4.69, 9.17) is 0 Å². The molecule has 114 valence electrons. The molecule has 2 amide bonds. The zero-order chi connectivity index (χ0) is 14.3. The van der Waals surface area contributed by atoms with Crippen LogP contribution in [-0.4, -0.2) is 18.1 Å². The van der Waals surface area contributed by atoms with E-state index in [2.05, 4.69) is 31.4 Å². The molecule has 0 aromatic rings. The molecule has 3 nitrogen and oxygen atoms in total. The van der Waals surface area contributed by atoms with E-state index in [0.29, 0.717) is 12.0 Å². The highest BCUT2D eigenvalue weighted by Gasteiger charge is 2.54. The molecule has 3 fully saturated rings. The van der Waals surface area contributed by atoms with Crippen LogP contribution in [0.3, 0.4) is 0 Å². The normalized spacial score (nSPS) is 41.2. The van der Waals surface area contributed by atoms with Gasteiger partial charge >= 0.3 is 6.03 Å². The predicted molar refractivity (Wildman–Crippen MR) is 81.4 cm³/mol. The van der Waals surface area contributed by atoms with Gasteiger partial charge in [0.05, 0.1) is 0 Å². The lowest BCUT2D eigenvalue weighted by Gasteiger charge is -2.32. The van der Waals surface area contributed by atoms with Crippen LogP contribution in [0.4, 0.5) is 4.79 Å². The summed E-state index contributed by atoms with van der Waals surface area (Å²) < 4.78 is 0. The van der Waals surface area contributed by atoms with Gasteiger partial charge in [0.2, 0.25) is 0 Å². The Morgan fingerprint density at radius 1 is 1.15 bits per heavy atom. The summed E-state index contributed by atoms with van der Waals surface area (Å²) in [5.74, 6) is 4.15. The number of carbonyl (C=O) groups is 1. The minimum absolute atomic E-state index is 0.0601. The lowest BCUT2D eigenvalue weighted by atomic mass is 9.79. The Morgan fingerprint density at radius 2 is 1.90 bits per heavy atom. The third-order valence-corrected chi connectivity index (χ3v) is 6.60. The van der Waals surface area contributed by atoms with Crippen molar-refractivity contribution in [2.75, 3.05) is 0 Å². The van der Waals surface area contributed by atoms with E-state index >= 15 is 0 Å².